The van der Waals surface area contributed by atoms with Crippen molar-refractivity contribution in [2.24, 2.45) is 0 Å². The molecule has 3 aromatic rings. The average Bonchev–Trinajstić information content (AvgIpc) is 2.66. The Hall–Kier alpha value is -2.93. The number of nitrogens with zero attached hydrogens (tertiary/aromatic N) is 1. The van der Waals surface area contributed by atoms with Crippen LogP contribution in [0.4, 0.5) is 5.69 Å². The van der Waals surface area contributed by atoms with Gasteiger partial charge in [0.05, 0.1) is 16.2 Å². The number of carbonyl (C=O) groups excluding carboxylic acids is 2. The minimum absolute atomic E-state index is 0.0267. The standard InChI is InChI=1S/C20H19N3O3S/c1-3-17(19(26)21-14-10-8-13(9-11-14)12(2)24)27-20-22-16-7-5-4-6-15(16)18(25)23-20/h4-11,17H,3H2,1-2H3,(H,21,26)(H,22,23,25)/t17-/m0/s1. The van der Waals surface area contributed by atoms with Crippen LogP contribution in [0, 0.1) is 0 Å². The number of aromatic amines is 1. The van der Waals surface area contributed by atoms with Crippen molar-refractivity contribution in [2.75, 3.05) is 5.32 Å². The molecule has 27 heavy (non-hydrogen) atoms. The van der Waals surface area contributed by atoms with Crippen LogP contribution < -0.4 is 10.9 Å². The summed E-state index contributed by atoms with van der Waals surface area (Å²) in [7, 11) is 0. The zero-order valence-electron chi connectivity index (χ0n) is 15.0. The number of anilines is 1. The number of ketones is 1. The maximum atomic E-state index is 12.6. The molecular weight excluding hydrogens is 362 g/mol. The van der Waals surface area contributed by atoms with E-state index < -0.39 is 5.25 Å². The molecule has 0 aliphatic rings. The predicted octanol–water partition coefficient (Wildman–Crippen LogP) is 3.64. The van der Waals surface area contributed by atoms with Crippen LogP contribution in [0.1, 0.15) is 30.6 Å². The number of Topliss-reactive ketones (excluding diaryl/α,β-unsaturated/α-hetero) is 1. The van der Waals surface area contributed by atoms with Crippen molar-refractivity contribution in [3.8, 4) is 0 Å². The second kappa shape index (κ2) is 8.18. The first kappa shape index (κ1) is 18.8. The summed E-state index contributed by atoms with van der Waals surface area (Å²) in [5.41, 5.74) is 1.58. The summed E-state index contributed by atoms with van der Waals surface area (Å²) in [4.78, 5) is 43.3. The van der Waals surface area contributed by atoms with Gasteiger partial charge in [-0.1, -0.05) is 30.8 Å². The van der Waals surface area contributed by atoms with Gasteiger partial charge in [0, 0.05) is 11.3 Å². The maximum Gasteiger partial charge on any atom is 0.259 e. The Morgan fingerprint density at radius 1 is 1.15 bits per heavy atom. The van der Waals surface area contributed by atoms with Gasteiger partial charge in [-0.2, -0.15) is 0 Å². The van der Waals surface area contributed by atoms with Crippen LogP contribution in [-0.4, -0.2) is 26.9 Å². The molecule has 1 atom stereocenters. The second-order valence-electron chi connectivity index (χ2n) is 6.03. The maximum absolute atomic E-state index is 12.6. The largest absolute Gasteiger partial charge is 0.325 e. The number of H-pyrrole nitrogens is 1. The highest BCUT2D eigenvalue weighted by Crippen LogP contribution is 2.24. The molecule has 1 amide bonds. The summed E-state index contributed by atoms with van der Waals surface area (Å²) in [6.45, 7) is 3.39. The van der Waals surface area contributed by atoms with E-state index in [1.165, 1.54) is 18.7 Å². The number of thioether (sulfide) groups is 1. The molecule has 3 rings (SSSR count). The van der Waals surface area contributed by atoms with Crippen LogP contribution in [-0.2, 0) is 4.79 Å². The third-order valence-corrected chi connectivity index (χ3v) is 5.32. The lowest BCUT2D eigenvalue weighted by atomic mass is 10.1. The number of fused-ring (bicyclic) bond motifs is 1. The van der Waals surface area contributed by atoms with Crippen LogP contribution in [0.25, 0.3) is 10.9 Å². The Kier molecular flexibility index (Phi) is 5.71. The number of rotatable bonds is 6. The van der Waals surface area contributed by atoms with Crippen LogP contribution in [0.15, 0.2) is 58.5 Å². The van der Waals surface area contributed by atoms with Gasteiger partial charge in [-0.05, 0) is 49.7 Å². The van der Waals surface area contributed by atoms with Gasteiger partial charge in [0.25, 0.3) is 5.56 Å². The molecule has 0 saturated carbocycles. The van der Waals surface area contributed by atoms with Gasteiger partial charge >= 0.3 is 0 Å². The molecule has 2 N–H and O–H groups in total. The normalized spacial score (nSPS) is 11.9. The van der Waals surface area contributed by atoms with Gasteiger partial charge < -0.3 is 10.3 Å². The van der Waals surface area contributed by atoms with E-state index in [0.717, 1.165) is 0 Å². The van der Waals surface area contributed by atoms with E-state index in [2.05, 4.69) is 15.3 Å². The van der Waals surface area contributed by atoms with Crippen molar-refractivity contribution in [1.29, 1.82) is 0 Å². The van der Waals surface area contributed by atoms with Gasteiger partial charge in [0.2, 0.25) is 5.91 Å². The lowest BCUT2D eigenvalue weighted by Crippen LogP contribution is -2.25. The molecule has 0 spiro atoms. The molecular formula is C20H19N3O3S. The Morgan fingerprint density at radius 2 is 1.85 bits per heavy atom. The summed E-state index contributed by atoms with van der Waals surface area (Å²) < 4.78 is 0. The minimum Gasteiger partial charge on any atom is -0.325 e. The molecule has 1 heterocycles. The van der Waals surface area contributed by atoms with Gasteiger partial charge in [-0.25, -0.2) is 4.98 Å². The molecule has 0 aliphatic heterocycles. The molecule has 138 valence electrons. The van der Waals surface area contributed by atoms with E-state index >= 15 is 0 Å². The first-order valence-corrected chi connectivity index (χ1v) is 9.43. The number of benzene rings is 2. The minimum atomic E-state index is -0.415. The van der Waals surface area contributed by atoms with E-state index in [9.17, 15) is 14.4 Å². The Labute approximate surface area is 160 Å². The molecule has 6 nitrogen and oxygen atoms in total. The number of para-hydroxylation sites is 1. The molecule has 0 aliphatic carbocycles. The highest BCUT2D eigenvalue weighted by molar-refractivity contribution is 8.00. The summed E-state index contributed by atoms with van der Waals surface area (Å²) in [6.07, 6.45) is 0.568. The molecule has 1 aromatic heterocycles. The third kappa shape index (κ3) is 4.43. The zero-order chi connectivity index (χ0) is 19.4. The van der Waals surface area contributed by atoms with E-state index in [-0.39, 0.29) is 17.2 Å². The summed E-state index contributed by atoms with van der Waals surface area (Å²) >= 11 is 1.22. The summed E-state index contributed by atoms with van der Waals surface area (Å²) in [6, 6.07) is 13.8. The SMILES string of the molecule is CC[C@H](Sc1nc2ccccc2c(=O)[nH]1)C(=O)Nc1ccc(C(C)=O)cc1. The highest BCUT2D eigenvalue weighted by atomic mass is 32.2. The monoisotopic (exact) mass is 381 g/mol. The quantitative estimate of drug-likeness (QED) is 0.386. The molecule has 0 saturated heterocycles. The third-order valence-electron chi connectivity index (χ3n) is 4.07. The Balaban J connectivity index is 1.75. The van der Waals surface area contributed by atoms with Crippen molar-refractivity contribution >= 4 is 40.0 Å². The van der Waals surface area contributed by atoms with E-state index in [0.29, 0.717) is 33.7 Å². The number of nitrogens with one attached hydrogen (secondary N) is 2. The number of hydrogen-bond donors (Lipinski definition) is 2. The fourth-order valence-electron chi connectivity index (χ4n) is 2.59. The number of hydrogen-bond acceptors (Lipinski definition) is 5. The second-order valence-corrected chi connectivity index (χ2v) is 7.22. The lowest BCUT2D eigenvalue weighted by Gasteiger charge is -2.14. The van der Waals surface area contributed by atoms with Gasteiger partial charge in [0.1, 0.15) is 0 Å². The van der Waals surface area contributed by atoms with Crippen molar-refractivity contribution in [3.05, 3.63) is 64.4 Å². The van der Waals surface area contributed by atoms with Crippen molar-refractivity contribution in [2.45, 2.75) is 30.7 Å². The van der Waals surface area contributed by atoms with Crippen LogP contribution in [0.2, 0.25) is 0 Å². The Bertz CT molecular complexity index is 1040. The van der Waals surface area contributed by atoms with Gasteiger partial charge in [0.15, 0.2) is 10.9 Å². The van der Waals surface area contributed by atoms with Crippen molar-refractivity contribution < 1.29 is 9.59 Å². The van der Waals surface area contributed by atoms with Crippen LogP contribution >= 0.6 is 11.8 Å². The smallest absolute Gasteiger partial charge is 0.259 e. The fourth-order valence-corrected chi connectivity index (χ4v) is 3.49. The van der Waals surface area contributed by atoms with Crippen molar-refractivity contribution in [1.82, 2.24) is 9.97 Å². The summed E-state index contributed by atoms with van der Waals surface area (Å²) in [5, 5.41) is 3.35. The Morgan fingerprint density at radius 3 is 2.52 bits per heavy atom. The van der Waals surface area contributed by atoms with Crippen LogP contribution in [0.5, 0.6) is 0 Å². The van der Waals surface area contributed by atoms with Gasteiger partial charge in [-0.3, -0.25) is 14.4 Å². The predicted molar refractivity (Wildman–Crippen MR) is 107 cm³/mol. The molecule has 2 aromatic carbocycles. The lowest BCUT2D eigenvalue weighted by molar-refractivity contribution is -0.115. The van der Waals surface area contributed by atoms with Crippen molar-refractivity contribution in [3.63, 3.8) is 0 Å². The van der Waals surface area contributed by atoms with E-state index in [4.69, 9.17) is 0 Å². The number of carbonyl (C=O) groups is 2. The molecule has 0 bridgehead atoms. The zero-order valence-corrected chi connectivity index (χ0v) is 15.8. The van der Waals surface area contributed by atoms with Gasteiger partial charge in [-0.15, -0.1) is 0 Å². The first-order chi connectivity index (χ1) is 13.0. The number of amides is 1. The van der Waals surface area contributed by atoms with E-state index in [1.807, 2.05) is 13.0 Å². The molecule has 0 fully saturated rings. The molecule has 0 radical (unpaired) electrons. The van der Waals surface area contributed by atoms with Crippen LogP contribution in [0.3, 0.4) is 0 Å². The first-order valence-electron chi connectivity index (χ1n) is 8.55. The average molecular weight is 381 g/mol. The topological polar surface area (TPSA) is 91.9 Å². The molecule has 7 heteroatoms. The highest BCUT2D eigenvalue weighted by Gasteiger charge is 2.20. The number of aromatic nitrogens is 2. The molecule has 0 unspecified atom stereocenters. The van der Waals surface area contributed by atoms with E-state index in [1.54, 1.807) is 42.5 Å². The fraction of sp³-hybridized carbons (Fsp3) is 0.200. The summed E-state index contributed by atoms with van der Waals surface area (Å²) in [5.74, 6) is -0.213.